The maximum atomic E-state index is 14.0. The van der Waals surface area contributed by atoms with Gasteiger partial charge in [-0.15, -0.1) is 0 Å². The molecule has 33 heavy (non-hydrogen) atoms. The Morgan fingerprint density at radius 1 is 0.727 bits per heavy atom. The van der Waals surface area contributed by atoms with Crippen LogP contribution in [0, 0.1) is 0 Å². The molecule has 1 N–H and O–H groups in total. The standard InChI is InChI=1S/C27H21N3O3/c31-25-28-27(24-17-10-20-33-24,19-18-21-11-4-1-5-12-21)30(23-15-8-3-9-16-23)26(32)29(25)22-13-6-2-7-14-22/h1-20H,(H,28,31)/b19-18+. The minimum atomic E-state index is -1.37. The summed E-state index contributed by atoms with van der Waals surface area (Å²) in [7, 11) is 0. The molecule has 6 nitrogen and oxygen atoms in total. The molecule has 5 rings (SSSR count). The second-order valence-corrected chi connectivity index (χ2v) is 7.54. The smallest absolute Gasteiger partial charge is 0.339 e. The molecular formula is C27H21N3O3. The van der Waals surface area contributed by atoms with Gasteiger partial charge in [-0.2, -0.15) is 0 Å². The Kier molecular flexibility index (Phi) is 5.24. The van der Waals surface area contributed by atoms with Crippen molar-refractivity contribution in [2.75, 3.05) is 9.80 Å². The van der Waals surface area contributed by atoms with Gasteiger partial charge in [-0.1, -0.05) is 72.8 Å². The van der Waals surface area contributed by atoms with Crippen molar-refractivity contribution in [3.63, 3.8) is 0 Å². The molecule has 0 spiro atoms. The molecule has 1 fully saturated rings. The average Bonchev–Trinajstić information content (AvgIpc) is 3.40. The molecule has 4 amide bonds. The lowest BCUT2D eigenvalue weighted by Gasteiger charge is -2.47. The van der Waals surface area contributed by atoms with Crippen LogP contribution in [-0.4, -0.2) is 12.1 Å². The maximum absolute atomic E-state index is 14.0. The van der Waals surface area contributed by atoms with Gasteiger partial charge in [0.2, 0.25) is 5.66 Å². The quantitative estimate of drug-likeness (QED) is 0.418. The topological polar surface area (TPSA) is 65.8 Å². The van der Waals surface area contributed by atoms with E-state index in [9.17, 15) is 9.59 Å². The fraction of sp³-hybridized carbons (Fsp3) is 0.0370. The Morgan fingerprint density at radius 2 is 1.33 bits per heavy atom. The number of nitrogens with zero attached hydrogens (tertiary/aromatic N) is 2. The molecule has 4 aromatic rings. The molecule has 1 saturated heterocycles. The molecule has 0 bridgehead atoms. The van der Waals surface area contributed by atoms with Gasteiger partial charge in [0, 0.05) is 5.69 Å². The van der Waals surface area contributed by atoms with Gasteiger partial charge in [-0.05, 0) is 48.0 Å². The van der Waals surface area contributed by atoms with Gasteiger partial charge < -0.3 is 9.73 Å². The van der Waals surface area contributed by atoms with Crippen molar-refractivity contribution in [3.8, 4) is 0 Å². The van der Waals surface area contributed by atoms with Crippen molar-refractivity contribution in [1.29, 1.82) is 0 Å². The van der Waals surface area contributed by atoms with Crippen LogP contribution in [0.5, 0.6) is 0 Å². The third kappa shape index (κ3) is 3.68. The fourth-order valence-corrected chi connectivity index (χ4v) is 3.95. The van der Waals surface area contributed by atoms with Gasteiger partial charge in [0.15, 0.2) is 5.76 Å². The second kappa shape index (κ2) is 8.51. The summed E-state index contributed by atoms with van der Waals surface area (Å²) in [4.78, 5) is 30.0. The summed E-state index contributed by atoms with van der Waals surface area (Å²) in [5.41, 5.74) is 0.627. The average molecular weight is 435 g/mol. The number of rotatable bonds is 5. The van der Waals surface area contributed by atoms with Gasteiger partial charge >= 0.3 is 12.1 Å². The summed E-state index contributed by atoms with van der Waals surface area (Å²) in [6, 6.07) is 30.2. The minimum absolute atomic E-state index is 0.410. The SMILES string of the molecule is O=C1NC(/C=C/c2ccccc2)(c2ccco2)N(c2ccccc2)C(=O)N1c1ccccc1. The molecule has 0 saturated carbocycles. The Hall–Kier alpha value is -4.58. The first kappa shape index (κ1) is 20.3. The molecule has 6 heteroatoms. The highest BCUT2D eigenvalue weighted by Crippen LogP contribution is 2.38. The molecule has 162 valence electrons. The van der Waals surface area contributed by atoms with Crippen LogP contribution >= 0.6 is 0 Å². The van der Waals surface area contributed by atoms with E-state index in [2.05, 4.69) is 5.32 Å². The zero-order valence-electron chi connectivity index (χ0n) is 17.7. The summed E-state index contributed by atoms with van der Waals surface area (Å²) >= 11 is 0. The van der Waals surface area contributed by atoms with Crippen molar-refractivity contribution in [2.24, 2.45) is 0 Å². The van der Waals surface area contributed by atoms with Gasteiger partial charge in [0.05, 0.1) is 12.0 Å². The van der Waals surface area contributed by atoms with Crippen LogP contribution < -0.4 is 15.1 Å². The van der Waals surface area contributed by atoms with Crippen LogP contribution in [0.2, 0.25) is 0 Å². The van der Waals surface area contributed by atoms with E-state index >= 15 is 0 Å². The maximum Gasteiger partial charge on any atom is 0.339 e. The summed E-state index contributed by atoms with van der Waals surface area (Å²) < 4.78 is 5.78. The van der Waals surface area contributed by atoms with Gasteiger partial charge in [0.25, 0.3) is 0 Å². The number of urea groups is 2. The van der Waals surface area contributed by atoms with Crippen LogP contribution in [0.4, 0.5) is 21.0 Å². The highest BCUT2D eigenvalue weighted by atomic mass is 16.3. The number of hydrogen-bond acceptors (Lipinski definition) is 3. The Morgan fingerprint density at radius 3 is 1.94 bits per heavy atom. The molecule has 2 heterocycles. The highest BCUT2D eigenvalue weighted by molar-refractivity contribution is 6.22. The third-order valence-electron chi connectivity index (χ3n) is 5.48. The normalized spacial score (nSPS) is 18.5. The molecule has 3 aromatic carbocycles. The van der Waals surface area contributed by atoms with E-state index in [0.717, 1.165) is 10.5 Å². The first-order valence-corrected chi connectivity index (χ1v) is 10.5. The number of nitrogens with one attached hydrogen (secondary N) is 1. The van der Waals surface area contributed by atoms with Gasteiger partial charge in [-0.25, -0.2) is 14.5 Å². The predicted molar refractivity (Wildman–Crippen MR) is 128 cm³/mol. The number of benzene rings is 3. The number of furan rings is 1. The minimum Gasteiger partial charge on any atom is -0.464 e. The van der Waals surface area contributed by atoms with Crippen LogP contribution in [0.15, 0.2) is 120 Å². The molecule has 1 atom stereocenters. The van der Waals surface area contributed by atoms with E-state index in [1.165, 1.54) is 6.26 Å². The van der Waals surface area contributed by atoms with Crippen molar-refractivity contribution < 1.29 is 14.0 Å². The van der Waals surface area contributed by atoms with Crippen molar-refractivity contribution >= 4 is 29.5 Å². The fourth-order valence-electron chi connectivity index (χ4n) is 3.95. The van der Waals surface area contributed by atoms with Crippen molar-refractivity contribution in [2.45, 2.75) is 5.66 Å². The third-order valence-corrected chi connectivity index (χ3v) is 5.48. The van der Waals surface area contributed by atoms with Crippen molar-refractivity contribution in [1.82, 2.24) is 5.32 Å². The van der Waals surface area contributed by atoms with E-state index in [0.29, 0.717) is 17.1 Å². The molecular weight excluding hydrogens is 414 g/mol. The zero-order valence-corrected chi connectivity index (χ0v) is 17.7. The van der Waals surface area contributed by atoms with Crippen LogP contribution in [0.1, 0.15) is 11.3 Å². The molecule has 1 unspecified atom stereocenters. The summed E-state index contributed by atoms with van der Waals surface area (Å²) in [5.74, 6) is 0.410. The molecule has 1 aromatic heterocycles. The lowest BCUT2D eigenvalue weighted by Crippen LogP contribution is -2.70. The van der Waals surface area contributed by atoms with Gasteiger partial charge in [-0.3, -0.25) is 4.90 Å². The number of hydrogen-bond donors (Lipinski definition) is 1. The van der Waals surface area contributed by atoms with Gasteiger partial charge in [0.1, 0.15) is 0 Å². The van der Waals surface area contributed by atoms with Crippen LogP contribution in [0.25, 0.3) is 6.08 Å². The molecule has 1 aliphatic heterocycles. The first-order chi connectivity index (χ1) is 16.2. The van der Waals surface area contributed by atoms with E-state index in [-0.39, 0.29) is 0 Å². The molecule has 0 radical (unpaired) electrons. The Balaban J connectivity index is 1.70. The number of carbonyl (C=O) groups excluding carboxylic acids is 2. The second-order valence-electron chi connectivity index (χ2n) is 7.54. The van der Waals surface area contributed by atoms with Crippen molar-refractivity contribution in [3.05, 3.63) is 127 Å². The number of anilines is 2. The number of para-hydroxylation sites is 2. The highest BCUT2D eigenvalue weighted by Gasteiger charge is 2.52. The lowest BCUT2D eigenvalue weighted by molar-refractivity contribution is 0.209. The largest absolute Gasteiger partial charge is 0.464 e. The predicted octanol–water partition coefficient (Wildman–Crippen LogP) is 6.00. The van der Waals surface area contributed by atoms with E-state index in [4.69, 9.17) is 4.42 Å². The molecule has 1 aliphatic rings. The summed E-state index contributed by atoms with van der Waals surface area (Å²) in [6.07, 6.45) is 5.17. The summed E-state index contributed by atoms with van der Waals surface area (Å²) in [6.45, 7) is 0. The number of carbonyl (C=O) groups is 2. The summed E-state index contributed by atoms with van der Waals surface area (Å²) in [5, 5.41) is 3.04. The zero-order chi connectivity index (χ0) is 22.7. The lowest BCUT2D eigenvalue weighted by atomic mass is 9.99. The van der Waals surface area contributed by atoms with E-state index in [1.54, 1.807) is 47.4 Å². The monoisotopic (exact) mass is 435 g/mol. The Bertz CT molecular complexity index is 1270. The Labute approximate surface area is 191 Å². The molecule has 0 aliphatic carbocycles. The first-order valence-electron chi connectivity index (χ1n) is 10.5. The van der Waals surface area contributed by atoms with Crippen LogP contribution in [0.3, 0.4) is 0 Å². The van der Waals surface area contributed by atoms with E-state index in [1.807, 2.05) is 72.8 Å². The van der Waals surface area contributed by atoms with E-state index < -0.39 is 17.7 Å². The number of amides is 4. The van der Waals surface area contributed by atoms with Crippen LogP contribution in [-0.2, 0) is 5.66 Å². The number of imide groups is 1.